The normalized spacial score (nSPS) is 17.8. The van der Waals surface area contributed by atoms with Gasteiger partial charge in [-0.05, 0) is 43.5 Å². The van der Waals surface area contributed by atoms with Crippen LogP contribution in [0.5, 0.6) is 5.75 Å². The number of carbonyl (C=O) groups is 3. The Kier molecular flexibility index (Phi) is 6.19. The number of phenolic OH excluding ortho intramolecular Hbond substituents is 1. The lowest BCUT2D eigenvalue weighted by atomic mass is 9.80. The Balaban J connectivity index is 1.33. The Bertz CT molecular complexity index is 1240. The number of rotatable bonds is 5. The molecule has 0 bridgehead atoms. The van der Waals surface area contributed by atoms with E-state index in [-0.39, 0.29) is 29.7 Å². The second-order valence-corrected chi connectivity index (χ2v) is 9.47. The summed E-state index contributed by atoms with van der Waals surface area (Å²) in [5.74, 6) is -0.427. The maximum atomic E-state index is 13.5. The van der Waals surface area contributed by atoms with Crippen molar-refractivity contribution in [1.29, 1.82) is 0 Å². The van der Waals surface area contributed by atoms with Crippen molar-refractivity contribution in [3.63, 3.8) is 0 Å². The number of benzene rings is 2. The third-order valence-corrected chi connectivity index (χ3v) is 6.97. The third-order valence-electron chi connectivity index (χ3n) is 6.97. The van der Waals surface area contributed by atoms with Gasteiger partial charge in [0.2, 0.25) is 5.91 Å². The van der Waals surface area contributed by atoms with Crippen LogP contribution in [0, 0.1) is 0 Å². The van der Waals surface area contributed by atoms with Crippen LogP contribution in [0.2, 0.25) is 0 Å². The lowest BCUT2D eigenvalue weighted by molar-refractivity contribution is -0.123. The summed E-state index contributed by atoms with van der Waals surface area (Å²) in [7, 11) is 0. The number of carbonyl (C=O) groups excluding carboxylic acids is 3. The molecule has 8 heteroatoms. The highest BCUT2D eigenvalue weighted by molar-refractivity contribution is 6.04. The lowest BCUT2D eigenvalue weighted by Crippen LogP contribution is -2.57. The fraction of sp³-hybridized carbons (Fsp3) is 0.370. The maximum absolute atomic E-state index is 13.5. The summed E-state index contributed by atoms with van der Waals surface area (Å²) >= 11 is 0. The highest BCUT2D eigenvalue weighted by Crippen LogP contribution is 2.34. The van der Waals surface area contributed by atoms with Gasteiger partial charge in [-0.25, -0.2) is 0 Å². The molecule has 2 aromatic carbocycles. The van der Waals surface area contributed by atoms with E-state index in [0.717, 1.165) is 31.1 Å². The number of Topliss-reactive ketones (excluding diaryl/α,β-unsaturated/α-hetero) is 1. The molecular weight excluding hydrogens is 446 g/mol. The first-order chi connectivity index (χ1) is 16.9. The van der Waals surface area contributed by atoms with Gasteiger partial charge in [0.05, 0.1) is 12.2 Å². The Hall–Kier alpha value is -3.81. The van der Waals surface area contributed by atoms with Crippen molar-refractivity contribution in [2.45, 2.75) is 50.5 Å². The van der Waals surface area contributed by atoms with Crippen LogP contribution in [0.1, 0.15) is 55.5 Å². The molecule has 1 saturated heterocycles. The van der Waals surface area contributed by atoms with Gasteiger partial charge in [0, 0.05) is 30.1 Å². The van der Waals surface area contributed by atoms with Gasteiger partial charge in [-0.3, -0.25) is 14.4 Å². The maximum Gasteiger partial charge on any atom is 0.287 e. The number of piperidine rings is 1. The van der Waals surface area contributed by atoms with Gasteiger partial charge >= 0.3 is 0 Å². The van der Waals surface area contributed by atoms with Crippen LogP contribution >= 0.6 is 0 Å². The molecule has 1 saturated carbocycles. The van der Waals surface area contributed by atoms with Crippen molar-refractivity contribution in [3.8, 4) is 5.75 Å². The molecule has 2 aliphatic rings. The molecule has 0 radical (unpaired) electrons. The van der Waals surface area contributed by atoms with Crippen LogP contribution in [0.15, 0.2) is 52.9 Å². The number of phenols is 1. The van der Waals surface area contributed by atoms with Crippen molar-refractivity contribution in [2.24, 2.45) is 0 Å². The van der Waals surface area contributed by atoms with Crippen LogP contribution in [0.3, 0.4) is 0 Å². The highest BCUT2D eigenvalue weighted by Gasteiger charge is 2.41. The Morgan fingerprint density at radius 1 is 1.00 bits per heavy atom. The largest absolute Gasteiger partial charge is 0.506 e. The number of hydrogen-bond donors (Lipinski definition) is 3. The van der Waals surface area contributed by atoms with Gasteiger partial charge in [0.25, 0.3) is 5.91 Å². The van der Waals surface area contributed by atoms with E-state index >= 15 is 0 Å². The first kappa shape index (κ1) is 23.0. The molecule has 5 rings (SSSR count). The summed E-state index contributed by atoms with van der Waals surface area (Å²) in [6, 6.07) is 14.0. The molecule has 2 amide bonds. The zero-order valence-corrected chi connectivity index (χ0v) is 19.5. The zero-order valence-electron chi connectivity index (χ0n) is 19.5. The monoisotopic (exact) mass is 475 g/mol. The molecule has 182 valence electrons. The average molecular weight is 476 g/mol. The minimum absolute atomic E-state index is 0.00139. The summed E-state index contributed by atoms with van der Waals surface area (Å²) in [4.78, 5) is 40.2. The molecule has 1 aliphatic carbocycles. The molecule has 3 aromatic rings. The Morgan fingerprint density at radius 3 is 2.54 bits per heavy atom. The summed E-state index contributed by atoms with van der Waals surface area (Å²) in [5.41, 5.74) is 0.553. The Morgan fingerprint density at radius 2 is 1.80 bits per heavy atom. The van der Waals surface area contributed by atoms with Crippen LogP contribution in [0.25, 0.3) is 11.0 Å². The molecule has 1 aromatic heterocycles. The fourth-order valence-electron chi connectivity index (χ4n) is 5.10. The molecule has 1 aliphatic heterocycles. The predicted molar refractivity (Wildman–Crippen MR) is 133 cm³/mol. The SMILES string of the molecule is O=C1CCCN(c2ccc(NC(=O)C3(NC(=O)c4cc5ccccc5o4)CCCCC3)cc2O)C1. The van der Waals surface area contributed by atoms with Crippen molar-refractivity contribution in [1.82, 2.24) is 5.32 Å². The topological polar surface area (TPSA) is 112 Å². The predicted octanol–water partition coefficient (Wildman–Crippen LogP) is 4.38. The highest BCUT2D eigenvalue weighted by atomic mass is 16.3. The van der Waals surface area contributed by atoms with E-state index in [0.29, 0.717) is 42.8 Å². The fourth-order valence-corrected chi connectivity index (χ4v) is 5.10. The first-order valence-electron chi connectivity index (χ1n) is 12.2. The van der Waals surface area contributed by atoms with E-state index in [1.165, 1.54) is 6.07 Å². The van der Waals surface area contributed by atoms with Crippen LogP contribution in [-0.2, 0) is 9.59 Å². The average Bonchev–Trinajstić information content (AvgIpc) is 3.29. The van der Waals surface area contributed by atoms with E-state index in [1.807, 2.05) is 23.1 Å². The van der Waals surface area contributed by atoms with E-state index in [2.05, 4.69) is 10.6 Å². The molecule has 2 fully saturated rings. The minimum Gasteiger partial charge on any atom is -0.506 e. The molecule has 0 unspecified atom stereocenters. The van der Waals surface area contributed by atoms with E-state index in [4.69, 9.17) is 4.42 Å². The molecule has 3 N–H and O–H groups in total. The molecule has 0 spiro atoms. The summed E-state index contributed by atoms with van der Waals surface area (Å²) in [6.45, 7) is 0.970. The van der Waals surface area contributed by atoms with Gasteiger partial charge in [-0.1, -0.05) is 37.5 Å². The first-order valence-corrected chi connectivity index (χ1v) is 12.2. The van der Waals surface area contributed by atoms with Crippen LogP contribution in [-0.4, -0.2) is 41.3 Å². The summed E-state index contributed by atoms with van der Waals surface area (Å²) < 4.78 is 5.70. The number of aromatic hydroxyl groups is 1. The van der Waals surface area contributed by atoms with E-state index in [1.54, 1.807) is 24.3 Å². The number of furan rings is 1. The number of hydrogen-bond acceptors (Lipinski definition) is 6. The number of fused-ring (bicyclic) bond motifs is 1. The molecular formula is C27H29N3O5. The van der Waals surface area contributed by atoms with Gasteiger partial charge in [0.15, 0.2) is 11.5 Å². The second kappa shape index (κ2) is 9.44. The number of anilines is 2. The number of nitrogens with zero attached hydrogens (tertiary/aromatic N) is 1. The van der Waals surface area contributed by atoms with Gasteiger partial charge in [-0.2, -0.15) is 0 Å². The number of nitrogens with one attached hydrogen (secondary N) is 2. The van der Waals surface area contributed by atoms with E-state index in [9.17, 15) is 19.5 Å². The van der Waals surface area contributed by atoms with E-state index < -0.39 is 11.4 Å². The lowest BCUT2D eigenvalue weighted by Gasteiger charge is -2.36. The minimum atomic E-state index is -1.07. The van der Waals surface area contributed by atoms with Crippen molar-refractivity contribution >= 4 is 39.9 Å². The van der Waals surface area contributed by atoms with Gasteiger partial charge in [-0.15, -0.1) is 0 Å². The Labute approximate surface area is 203 Å². The standard InChI is InChI=1S/C27H29N3O5/c31-20-8-6-14-30(17-20)21-11-10-19(16-22(21)32)28-26(34)27(12-4-1-5-13-27)29-25(33)24-15-18-7-2-3-9-23(18)35-24/h2-3,7,9-11,15-16,32H,1,4-6,8,12-14,17H2,(H,28,34)(H,29,33). The number of para-hydroxylation sites is 1. The zero-order chi connectivity index (χ0) is 24.4. The van der Waals surface area contributed by atoms with Crippen LogP contribution in [0.4, 0.5) is 11.4 Å². The van der Waals surface area contributed by atoms with Crippen molar-refractivity contribution in [2.75, 3.05) is 23.3 Å². The molecule has 2 heterocycles. The molecule has 0 atom stereocenters. The van der Waals surface area contributed by atoms with Gasteiger partial charge < -0.3 is 25.1 Å². The number of ketones is 1. The van der Waals surface area contributed by atoms with Crippen LogP contribution < -0.4 is 15.5 Å². The summed E-state index contributed by atoms with van der Waals surface area (Å²) in [6.07, 6.45) is 4.99. The molecule has 35 heavy (non-hydrogen) atoms. The quantitative estimate of drug-likeness (QED) is 0.505. The summed E-state index contributed by atoms with van der Waals surface area (Å²) in [5, 5.41) is 17.3. The number of amides is 2. The molecule has 8 nitrogen and oxygen atoms in total. The van der Waals surface area contributed by atoms with Crippen molar-refractivity contribution < 1.29 is 23.9 Å². The second-order valence-electron chi connectivity index (χ2n) is 9.47. The van der Waals surface area contributed by atoms with Gasteiger partial charge in [0.1, 0.15) is 16.9 Å². The third kappa shape index (κ3) is 4.73. The van der Waals surface area contributed by atoms with Crippen molar-refractivity contribution in [3.05, 3.63) is 54.3 Å². The smallest absolute Gasteiger partial charge is 0.287 e.